The van der Waals surface area contributed by atoms with Crippen molar-refractivity contribution in [3.8, 4) is 0 Å². The number of hydrogen-bond acceptors (Lipinski definition) is 3. The first kappa shape index (κ1) is 15.4. The lowest BCUT2D eigenvalue weighted by molar-refractivity contribution is -0.136. The first-order valence-electron chi connectivity index (χ1n) is 7.28. The van der Waals surface area contributed by atoms with Crippen molar-refractivity contribution in [1.82, 2.24) is 10.2 Å². The second-order valence-corrected chi connectivity index (χ2v) is 7.50. The smallest absolute Gasteiger partial charge is 0.250 e. The zero-order valence-corrected chi connectivity index (χ0v) is 13.4. The van der Waals surface area contributed by atoms with Crippen molar-refractivity contribution in [2.45, 2.75) is 58.0 Å². The highest BCUT2D eigenvalue weighted by Crippen LogP contribution is 2.27. The summed E-state index contributed by atoms with van der Waals surface area (Å²) in [4.78, 5) is 26.6. The average molecular weight is 296 g/mol. The van der Waals surface area contributed by atoms with Gasteiger partial charge in [-0.1, -0.05) is 6.08 Å². The van der Waals surface area contributed by atoms with Crippen molar-refractivity contribution in [3.05, 3.63) is 11.6 Å². The number of nitrogens with zero attached hydrogens (tertiary/aromatic N) is 1. The van der Waals surface area contributed by atoms with Crippen LogP contribution in [0.3, 0.4) is 0 Å². The summed E-state index contributed by atoms with van der Waals surface area (Å²) in [5, 5.41) is 2.98. The van der Waals surface area contributed by atoms with Crippen LogP contribution in [-0.4, -0.2) is 39.9 Å². The van der Waals surface area contributed by atoms with Crippen molar-refractivity contribution >= 4 is 23.6 Å². The molecule has 1 aliphatic heterocycles. The molecule has 2 amide bonds. The quantitative estimate of drug-likeness (QED) is 0.850. The van der Waals surface area contributed by atoms with E-state index in [1.165, 1.54) is 6.42 Å². The number of rotatable bonds is 2. The highest BCUT2D eigenvalue weighted by Gasteiger charge is 2.36. The van der Waals surface area contributed by atoms with Gasteiger partial charge in [0.2, 0.25) is 5.91 Å². The summed E-state index contributed by atoms with van der Waals surface area (Å²) >= 11 is 1.65. The molecule has 0 spiro atoms. The van der Waals surface area contributed by atoms with E-state index in [4.69, 9.17) is 0 Å². The molecule has 2 aliphatic rings. The lowest BCUT2D eigenvalue weighted by Crippen LogP contribution is -2.52. The maximum absolute atomic E-state index is 12.5. The van der Waals surface area contributed by atoms with E-state index in [0.29, 0.717) is 11.6 Å². The molecule has 0 aromatic carbocycles. The number of hydrogen-bond donors (Lipinski definition) is 1. The SMILES string of the molecule is CC(C)(C)NC(=O)C1CSCN1C(=O)C1=CCCCC1. The van der Waals surface area contributed by atoms with Gasteiger partial charge in [0.25, 0.3) is 5.91 Å². The Balaban J connectivity index is 2.05. The molecule has 1 saturated heterocycles. The molecule has 0 aromatic heterocycles. The van der Waals surface area contributed by atoms with E-state index in [1.54, 1.807) is 16.7 Å². The molecular formula is C15H24N2O2S. The van der Waals surface area contributed by atoms with E-state index < -0.39 is 0 Å². The zero-order chi connectivity index (χ0) is 14.8. The van der Waals surface area contributed by atoms with Gasteiger partial charge in [0, 0.05) is 16.9 Å². The summed E-state index contributed by atoms with van der Waals surface area (Å²) in [6, 6.07) is -0.324. The molecule has 1 aliphatic carbocycles. The number of nitrogens with one attached hydrogen (secondary N) is 1. The Morgan fingerprint density at radius 1 is 1.35 bits per heavy atom. The molecule has 1 N–H and O–H groups in total. The fourth-order valence-corrected chi connectivity index (χ4v) is 3.68. The summed E-state index contributed by atoms with van der Waals surface area (Å²) in [7, 11) is 0. The summed E-state index contributed by atoms with van der Waals surface area (Å²) in [5.74, 6) is 1.34. The van der Waals surface area contributed by atoms with Gasteiger partial charge in [-0.15, -0.1) is 11.8 Å². The van der Waals surface area contributed by atoms with Crippen molar-refractivity contribution in [2.75, 3.05) is 11.6 Å². The van der Waals surface area contributed by atoms with Crippen LogP contribution in [0.4, 0.5) is 0 Å². The summed E-state index contributed by atoms with van der Waals surface area (Å²) in [6.45, 7) is 5.88. The third kappa shape index (κ3) is 3.78. The van der Waals surface area contributed by atoms with Crippen LogP contribution in [0.1, 0.15) is 46.5 Å². The normalized spacial score (nSPS) is 23.4. The van der Waals surface area contributed by atoms with Crippen LogP contribution in [0.2, 0.25) is 0 Å². The number of carbonyl (C=O) groups excluding carboxylic acids is 2. The average Bonchev–Trinajstić information content (AvgIpc) is 2.86. The fraction of sp³-hybridized carbons (Fsp3) is 0.733. The van der Waals surface area contributed by atoms with Gasteiger partial charge in [-0.3, -0.25) is 9.59 Å². The minimum atomic E-state index is -0.324. The van der Waals surface area contributed by atoms with Crippen LogP contribution in [0.25, 0.3) is 0 Å². The lowest BCUT2D eigenvalue weighted by atomic mass is 9.98. The van der Waals surface area contributed by atoms with Crippen molar-refractivity contribution < 1.29 is 9.59 Å². The molecule has 112 valence electrons. The van der Waals surface area contributed by atoms with Crippen LogP contribution in [0, 0.1) is 0 Å². The predicted molar refractivity (Wildman–Crippen MR) is 82.4 cm³/mol. The van der Waals surface area contributed by atoms with E-state index in [2.05, 4.69) is 5.32 Å². The van der Waals surface area contributed by atoms with E-state index in [0.717, 1.165) is 24.8 Å². The van der Waals surface area contributed by atoms with Gasteiger partial charge in [-0.25, -0.2) is 0 Å². The molecule has 0 radical (unpaired) electrons. The van der Waals surface area contributed by atoms with Crippen LogP contribution < -0.4 is 5.32 Å². The third-order valence-electron chi connectivity index (χ3n) is 3.51. The molecule has 0 bridgehead atoms. The number of thioether (sulfide) groups is 1. The largest absolute Gasteiger partial charge is 0.350 e. The van der Waals surface area contributed by atoms with Crippen LogP contribution in [0.5, 0.6) is 0 Å². The maximum Gasteiger partial charge on any atom is 0.250 e. The van der Waals surface area contributed by atoms with Crippen LogP contribution in [-0.2, 0) is 9.59 Å². The molecule has 4 nitrogen and oxygen atoms in total. The van der Waals surface area contributed by atoms with E-state index in [-0.39, 0.29) is 23.4 Å². The summed E-state index contributed by atoms with van der Waals surface area (Å²) < 4.78 is 0. The van der Waals surface area contributed by atoms with Crippen LogP contribution >= 0.6 is 11.8 Å². The minimum absolute atomic E-state index is 0.0349. The number of amides is 2. The molecule has 0 aromatic rings. The van der Waals surface area contributed by atoms with Crippen molar-refractivity contribution in [1.29, 1.82) is 0 Å². The van der Waals surface area contributed by atoms with Gasteiger partial charge in [0.15, 0.2) is 0 Å². The Bertz CT molecular complexity index is 426. The van der Waals surface area contributed by atoms with Crippen molar-refractivity contribution in [3.63, 3.8) is 0 Å². The van der Waals surface area contributed by atoms with Gasteiger partial charge in [0.1, 0.15) is 6.04 Å². The van der Waals surface area contributed by atoms with Gasteiger partial charge < -0.3 is 10.2 Å². The maximum atomic E-state index is 12.5. The highest BCUT2D eigenvalue weighted by atomic mass is 32.2. The van der Waals surface area contributed by atoms with Crippen molar-refractivity contribution in [2.24, 2.45) is 0 Å². The minimum Gasteiger partial charge on any atom is -0.350 e. The number of allylic oxidation sites excluding steroid dienone is 1. The van der Waals surface area contributed by atoms with Crippen LogP contribution in [0.15, 0.2) is 11.6 Å². The Morgan fingerprint density at radius 3 is 2.70 bits per heavy atom. The Hall–Kier alpha value is -0.970. The Labute approximate surface area is 125 Å². The second-order valence-electron chi connectivity index (χ2n) is 6.51. The molecule has 1 fully saturated rings. The predicted octanol–water partition coefficient (Wildman–Crippen LogP) is 2.30. The number of carbonyl (C=O) groups is 2. The molecule has 20 heavy (non-hydrogen) atoms. The second kappa shape index (κ2) is 6.20. The Kier molecular flexibility index (Phi) is 4.78. The lowest BCUT2D eigenvalue weighted by Gasteiger charge is -2.28. The molecule has 1 unspecified atom stereocenters. The first-order valence-corrected chi connectivity index (χ1v) is 8.44. The van der Waals surface area contributed by atoms with Gasteiger partial charge in [0.05, 0.1) is 5.88 Å². The molecule has 2 rings (SSSR count). The fourth-order valence-electron chi connectivity index (χ4n) is 2.53. The van der Waals surface area contributed by atoms with E-state index in [9.17, 15) is 9.59 Å². The summed E-state index contributed by atoms with van der Waals surface area (Å²) in [6.07, 6.45) is 6.14. The van der Waals surface area contributed by atoms with E-state index >= 15 is 0 Å². The molecular weight excluding hydrogens is 272 g/mol. The molecule has 1 atom stereocenters. The highest BCUT2D eigenvalue weighted by molar-refractivity contribution is 7.99. The third-order valence-corrected chi connectivity index (χ3v) is 4.52. The van der Waals surface area contributed by atoms with Gasteiger partial charge >= 0.3 is 0 Å². The molecule has 5 heteroatoms. The van der Waals surface area contributed by atoms with Gasteiger partial charge in [-0.05, 0) is 46.5 Å². The standard InChI is InChI=1S/C15H24N2O2S/c1-15(2,3)16-13(18)12-9-20-10-17(12)14(19)11-7-5-4-6-8-11/h7,12H,4-6,8-10H2,1-3H3,(H,16,18). The monoisotopic (exact) mass is 296 g/mol. The first-order chi connectivity index (χ1) is 9.38. The van der Waals surface area contributed by atoms with E-state index in [1.807, 2.05) is 26.8 Å². The zero-order valence-electron chi connectivity index (χ0n) is 12.6. The molecule has 0 saturated carbocycles. The van der Waals surface area contributed by atoms with Gasteiger partial charge in [-0.2, -0.15) is 0 Å². The summed E-state index contributed by atoms with van der Waals surface area (Å²) in [5.41, 5.74) is 0.635. The topological polar surface area (TPSA) is 49.4 Å². The molecule has 1 heterocycles. The Morgan fingerprint density at radius 2 is 2.10 bits per heavy atom.